The fourth-order valence-electron chi connectivity index (χ4n) is 1.61. The Morgan fingerprint density at radius 1 is 1.15 bits per heavy atom. The van der Waals surface area contributed by atoms with Gasteiger partial charge in [0.1, 0.15) is 0 Å². The first kappa shape index (κ1) is 16.8. The fourth-order valence-corrected chi connectivity index (χ4v) is 1.91. The van der Waals surface area contributed by atoms with Crippen molar-refractivity contribution in [3.8, 4) is 0 Å². The molecule has 1 N–H and O–H groups in total. The van der Waals surface area contributed by atoms with E-state index in [0.717, 1.165) is 19.3 Å². The Hall–Kier alpha value is -1.26. The molecular weight excluding hydrogens is 301 g/mol. The second kappa shape index (κ2) is 8.82. The molecule has 4 nitrogen and oxygen atoms in total. The Morgan fingerprint density at radius 3 is 2.55 bits per heavy atom. The van der Waals surface area contributed by atoms with Crippen LogP contribution in [0.25, 0.3) is 0 Å². The Kier molecular flexibility index (Phi) is 7.41. The third kappa shape index (κ3) is 5.80. The standard InChI is InChI=1S/C14H17Cl2NO3/c1-20-13(18)5-3-2-4-8-17-14(19)10-6-7-11(15)12(16)9-10/h6-7,9H,2-5,8H2,1H3,(H,17,19). The van der Waals surface area contributed by atoms with E-state index in [0.29, 0.717) is 28.6 Å². The normalized spacial score (nSPS) is 10.2. The smallest absolute Gasteiger partial charge is 0.305 e. The van der Waals surface area contributed by atoms with Gasteiger partial charge in [0.25, 0.3) is 5.91 Å². The molecule has 0 atom stereocenters. The summed E-state index contributed by atoms with van der Waals surface area (Å²) in [6.07, 6.45) is 2.84. The van der Waals surface area contributed by atoms with Crippen LogP contribution in [0.4, 0.5) is 0 Å². The van der Waals surface area contributed by atoms with Crippen LogP contribution < -0.4 is 5.32 Å². The molecule has 0 heterocycles. The van der Waals surface area contributed by atoms with Crippen LogP contribution in [0.3, 0.4) is 0 Å². The maximum Gasteiger partial charge on any atom is 0.305 e. The number of methoxy groups -OCH3 is 1. The van der Waals surface area contributed by atoms with Gasteiger partial charge in [-0.2, -0.15) is 0 Å². The van der Waals surface area contributed by atoms with E-state index in [9.17, 15) is 9.59 Å². The van der Waals surface area contributed by atoms with Crippen molar-refractivity contribution in [2.24, 2.45) is 0 Å². The van der Waals surface area contributed by atoms with Crippen LogP contribution in [0.1, 0.15) is 36.0 Å². The van der Waals surface area contributed by atoms with Crippen molar-refractivity contribution in [1.82, 2.24) is 5.32 Å². The molecule has 0 aliphatic heterocycles. The molecule has 0 aliphatic rings. The highest BCUT2D eigenvalue weighted by atomic mass is 35.5. The van der Waals surface area contributed by atoms with E-state index in [1.165, 1.54) is 13.2 Å². The monoisotopic (exact) mass is 317 g/mol. The number of halogens is 2. The largest absolute Gasteiger partial charge is 0.469 e. The molecule has 1 aromatic carbocycles. The predicted molar refractivity (Wildman–Crippen MR) is 79.3 cm³/mol. The second-order valence-electron chi connectivity index (χ2n) is 4.27. The van der Waals surface area contributed by atoms with Crippen molar-refractivity contribution in [2.75, 3.05) is 13.7 Å². The van der Waals surface area contributed by atoms with Gasteiger partial charge in [0, 0.05) is 18.5 Å². The quantitative estimate of drug-likeness (QED) is 0.619. The highest BCUT2D eigenvalue weighted by Gasteiger charge is 2.07. The van der Waals surface area contributed by atoms with Gasteiger partial charge in [0.05, 0.1) is 17.2 Å². The zero-order chi connectivity index (χ0) is 15.0. The maximum atomic E-state index is 11.8. The van der Waals surface area contributed by atoms with Gasteiger partial charge in [0.2, 0.25) is 0 Å². The van der Waals surface area contributed by atoms with E-state index in [4.69, 9.17) is 23.2 Å². The van der Waals surface area contributed by atoms with Crippen molar-refractivity contribution in [3.05, 3.63) is 33.8 Å². The molecule has 1 amide bonds. The van der Waals surface area contributed by atoms with E-state index >= 15 is 0 Å². The van der Waals surface area contributed by atoms with E-state index < -0.39 is 0 Å². The summed E-state index contributed by atoms with van der Waals surface area (Å²) in [7, 11) is 1.37. The molecule has 0 bridgehead atoms. The molecule has 0 aromatic heterocycles. The van der Waals surface area contributed by atoms with Crippen LogP contribution in [0.2, 0.25) is 10.0 Å². The zero-order valence-electron chi connectivity index (χ0n) is 11.2. The molecule has 0 unspecified atom stereocenters. The number of ether oxygens (including phenoxy) is 1. The Labute approximate surface area is 128 Å². The number of benzene rings is 1. The lowest BCUT2D eigenvalue weighted by Gasteiger charge is -2.06. The molecule has 0 fully saturated rings. The van der Waals surface area contributed by atoms with Gasteiger partial charge in [-0.25, -0.2) is 0 Å². The predicted octanol–water partition coefficient (Wildman–Crippen LogP) is 3.46. The van der Waals surface area contributed by atoms with Crippen LogP contribution in [0.5, 0.6) is 0 Å². The van der Waals surface area contributed by atoms with Gasteiger partial charge in [-0.3, -0.25) is 9.59 Å². The lowest BCUT2D eigenvalue weighted by molar-refractivity contribution is -0.140. The van der Waals surface area contributed by atoms with E-state index in [1.54, 1.807) is 12.1 Å². The zero-order valence-corrected chi connectivity index (χ0v) is 12.8. The average Bonchev–Trinajstić information content (AvgIpc) is 2.44. The number of nitrogens with one attached hydrogen (secondary N) is 1. The summed E-state index contributed by atoms with van der Waals surface area (Å²) in [5.41, 5.74) is 0.481. The number of carbonyl (C=O) groups excluding carboxylic acids is 2. The molecule has 20 heavy (non-hydrogen) atoms. The molecule has 1 rings (SSSR count). The van der Waals surface area contributed by atoms with E-state index in [1.807, 2.05) is 0 Å². The molecule has 0 saturated carbocycles. The Morgan fingerprint density at radius 2 is 1.90 bits per heavy atom. The van der Waals surface area contributed by atoms with Gasteiger partial charge in [-0.05, 0) is 31.0 Å². The summed E-state index contributed by atoms with van der Waals surface area (Å²) in [6, 6.07) is 4.76. The number of esters is 1. The summed E-state index contributed by atoms with van der Waals surface area (Å²) >= 11 is 11.6. The second-order valence-corrected chi connectivity index (χ2v) is 5.09. The molecule has 0 aliphatic carbocycles. The number of carbonyl (C=O) groups is 2. The maximum absolute atomic E-state index is 11.8. The number of hydrogen-bond donors (Lipinski definition) is 1. The minimum Gasteiger partial charge on any atom is -0.469 e. The van der Waals surface area contributed by atoms with Crippen LogP contribution in [0, 0.1) is 0 Å². The molecule has 6 heteroatoms. The Balaban J connectivity index is 2.23. The summed E-state index contributed by atoms with van der Waals surface area (Å²) in [5, 5.41) is 3.57. The highest BCUT2D eigenvalue weighted by molar-refractivity contribution is 6.42. The van der Waals surface area contributed by atoms with Crippen LogP contribution in [0.15, 0.2) is 18.2 Å². The number of amides is 1. The van der Waals surface area contributed by atoms with Gasteiger partial charge in [-0.1, -0.05) is 29.6 Å². The first-order valence-electron chi connectivity index (χ1n) is 6.34. The lowest BCUT2D eigenvalue weighted by Crippen LogP contribution is -2.24. The van der Waals surface area contributed by atoms with Crippen LogP contribution in [-0.4, -0.2) is 25.5 Å². The fraction of sp³-hybridized carbons (Fsp3) is 0.429. The minimum atomic E-state index is -0.204. The van der Waals surface area contributed by atoms with E-state index in [-0.39, 0.29) is 11.9 Å². The molecule has 0 saturated heterocycles. The van der Waals surface area contributed by atoms with Crippen molar-refractivity contribution in [3.63, 3.8) is 0 Å². The topological polar surface area (TPSA) is 55.4 Å². The van der Waals surface area contributed by atoms with Crippen molar-refractivity contribution in [1.29, 1.82) is 0 Å². The third-order valence-electron chi connectivity index (χ3n) is 2.75. The first-order valence-corrected chi connectivity index (χ1v) is 7.10. The van der Waals surface area contributed by atoms with Gasteiger partial charge in [-0.15, -0.1) is 0 Å². The number of unbranched alkanes of at least 4 members (excludes halogenated alkanes) is 2. The molecule has 0 spiro atoms. The van der Waals surface area contributed by atoms with Crippen molar-refractivity contribution >= 4 is 35.1 Å². The Bertz CT molecular complexity index is 477. The average molecular weight is 318 g/mol. The summed E-state index contributed by atoms with van der Waals surface area (Å²) < 4.78 is 4.54. The van der Waals surface area contributed by atoms with E-state index in [2.05, 4.69) is 10.1 Å². The highest BCUT2D eigenvalue weighted by Crippen LogP contribution is 2.22. The summed E-state index contributed by atoms with van der Waals surface area (Å²) in [6.45, 7) is 0.556. The number of rotatable bonds is 7. The van der Waals surface area contributed by atoms with Gasteiger partial charge < -0.3 is 10.1 Å². The molecular formula is C14H17Cl2NO3. The number of hydrogen-bond acceptors (Lipinski definition) is 3. The van der Waals surface area contributed by atoms with Crippen LogP contribution in [-0.2, 0) is 9.53 Å². The minimum absolute atomic E-state index is 0.184. The van der Waals surface area contributed by atoms with Gasteiger partial charge >= 0.3 is 5.97 Å². The third-order valence-corrected chi connectivity index (χ3v) is 3.49. The first-order chi connectivity index (χ1) is 9.54. The van der Waals surface area contributed by atoms with Crippen molar-refractivity contribution < 1.29 is 14.3 Å². The summed E-state index contributed by atoms with van der Waals surface area (Å²) in [4.78, 5) is 22.7. The lowest BCUT2D eigenvalue weighted by atomic mass is 10.2. The molecule has 1 aromatic rings. The molecule has 0 radical (unpaired) electrons. The molecule has 110 valence electrons. The summed E-state index contributed by atoms with van der Waals surface area (Å²) in [5.74, 6) is -0.388. The SMILES string of the molecule is COC(=O)CCCCCNC(=O)c1ccc(Cl)c(Cl)c1. The van der Waals surface area contributed by atoms with Gasteiger partial charge in [0.15, 0.2) is 0 Å². The van der Waals surface area contributed by atoms with Crippen LogP contribution >= 0.6 is 23.2 Å². The van der Waals surface area contributed by atoms with Crippen molar-refractivity contribution in [2.45, 2.75) is 25.7 Å².